The minimum atomic E-state index is 0.332. The molecule has 0 aromatic heterocycles. The van der Waals surface area contributed by atoms with E-state index in [4.69, 9.17) is 5.73 Å². The fourth-order valence-electron chi connectivity index (χ4n) is 2.00. The molecule has 0 saturated heterocycles. The molecule has 0 spiro atoms. The van der Waals surface area contributed by atoms with E-state index in [-0.39, 0.29) is 0 Å². The molecule has 0 aliphatic rings. The average Bonchev–Trinajstić information content (AvgIpc) is 2.18. The molecule has 1 rings (SSSR count). The van der Waals surface area contributed by atoms with E-state index < -0.39 is 0 Å². The summed E-state index contributed by atoms with van der Waals surface area (Å²) < 4.78 is 1.15. The number of hydrogen-bond acceptors (Lipinski definition) is 2. The van der Waals surface area contributed by atoms with E-state index in [0.29, 0.717) is 12.0 Å². The van der Waals surface area contributed by atoms with Crippen LogP contribution in [0.3, 0.4) is 0 Å². The summed E-state index contributed by atoms with van der Waals surface area (Å²) in [4.78, 5) is 2.35. The van der Waals surface area contributed by atoms with Crippen molar-refractivity contribution in [2.24, 2.45) is 11.1 Å². The highest BCUT2D eigenvalue weighted by molar-refractivity contribution is 9.10. The van der Waals surface area contributed by atoms with Crippen molar-refractivity contribution < 1.29 is 0 Å². The number of rotatable bonds is 4. The molecular formula is C14H23BrN2. The van der Waals surface area contributed by atoms with Crippen molar-refractivity contribution in [3.63, 3.8) is 0 Å². The third-order valence-corrected chi connectivity index (χ3v) is 3.28. The topological polar surface area (TPSA) is 29.3 Å². The second-order valence-corrected chi connectivity index (χ2v) is 6.72. The van der Waals surface area contributed by atoms with Crippen LogP contribution in [0.2, 0.25) is 0 Å². The van der Waals surface area contributed by atoms with Crippen LogP contribution in [0.1, 0.15) is 31.9 Å². The highest BCUT2D eigenvalue weighted by Crippen LogP contribution is 2.22. The van der Waals surface area contributed by atoms with Gasteiger partial charge in [-0.1, -0.05) is 48.8 Å². The Morgan fingerprint density at radius 1 is 1.29 bits per heavy atom. The van der Waals surface area contributed by atoms with Gasteiger partial charge in [-0.15, -0.1) is 0 Å². The van der Waals surface area contributed by atoms with Crippen molar-refractivity contribution in [2.45, 2.75) is 33.9 Å². The molecule has 96 valence electrons. The van der Waals surface area contributed by atoms with Gasteiger partial charge in [0.2, 0.25) is 0 Å². The minimum Gasteiger partial charge on any atom is -0.326 e. The van der Waals surface area contributed by atoms with Crippen LogP contribution in [0.15, 0.2) is 22.7 Å². The lowest BCUT2D eigenvalue weighted by atomic mass is 9.96. The number of benzene rings is 1. The van der Waals surface area contributed by atoms with Crippen molar-refractivity contribution in [2.75, 3.05) is 13.6 Å². The standard InChI is InChI=1S/C14H23BrN2/c1-14(2,3)10-17(4)9-12-6-5-11(8-16)7-13(12)15/h5-7H,8-10,16H2,1-4H3. The van der Waals surface area contributed by atoms with Gasteiger partial charge in [-0.3, -0.25) is 0 Å². The lowest BCUT2D eigenvalue weighted by Gasteiger charge is -2.26. The molecule has 0 heterocycles. The van der Waals surface area contributed by atoms with E-state index in [1.165, 1.54) is 11.1 Å². The normalized spacial score (nSPS) is 12.2. The van der Waals surface area contributed by atoms with Crippen LogP contribution >= 0.6 is 15.9 Å². The van der Waals surface area contributed by atoms with Crippen LogP contribution < -0.4 is 5.73 Å². The predicted molar refractivity (Wildman–Crippen MR) is 77.8 cm³/mol. The lowest BCUT2D eigenvalue weighted by Crippen LogP contribution is -2.29. The zero-order valence-electron chi connectivity index (χ0n) is 11.3. The van der Waals surface area contributed by atoms with E-state index in [0.717, 1.165) is 17.6 Å². The van der Waals surface area contributed by atoms with Crippen LogP contribution in [0.4, 0.5) is 0 Å². The summed E-state index contributed by atoms with van der Waals surface area (Å²) >= 11 is 3.61. The molecule has 3 heteroatoms. The molecule has 0 amide bonds. The Morgan fingerprint density at radius 2 is 1.94 bits per heavy atom. The van der Waals surface area contributed by atoms with Crippen molar-refractivity contribution >= 4 is 15.9 Å². The molecule has 0 radical (unpaired) electrons. The number of nitrogens with two attached hydrogens (primary N) is 1. The molecular weight excluding hydrogens is 276 g/mol. The van der Waals surface area contributed by atoms with Gasteiger partial charge in [-0.05, 0) is 29.7 Å². The molecule has 1 aromatic carbocycles. The summed E-state index contributed by atoms with van der Waals surface area (Å²) in [6, 6.07) is 6.37. The first-order valence-corrected chi connectivity index (χ1v) is 6.77. The van der Waals surface area contributed by atoms with Gasteiger partial charge in [0.15, 0.2) is 0 Å². The second kappa shape index (κ2) is 5.98. The summed E-state index contributed by atoms with van der Waals surface area (Å²) in [5.41, 5.74) is 8.43. The zero-order chi connectivity index (χ0) is 13.1. The molecule has 0 bridgehead atoms. The average molecular weight is 299 g/mol. The molecule has 1 aromatic rings. The van der Waals surface area contributed by atoms with Crippen LogP contribution in [0.25, 0.3) is 0 Å². The highest BCUT2D eigenvalue weighted by Gasteiger charge is 2.14. The Morgan fingerprint density at radius 3 is 2.41 bits per heavy atom. The van der Waals surface area contributed by atoms with Crippen molar-refractivity contribution in [3.05, 3.63) is 33.8 Å². The summed E-state index contributed by atoms with van der Waals surface area (Å²) in [5, 5.41) is 0. The fraction of sp³-hybridized carbons (Fsp3) is 0.571. The van der Waals surface area contributed by atoms with E-state index in [1.807, 2.05) is 0 Å². The van der Waals surface area contributed by atoms with Gasteiger partial charge in [0, 0.05) is 24.1 Å². The van der Waals surface area contributed by atoms with Crippen molar-refractivity contribution in [3.8, 4) is 0 Å². The molecule has 0 atom stereocenters. The largest absolute Gasteiger partial charge is 0.326 e. The fourth-order valence-corrected chi connectivity index (χ4v) is 2.55. The summed E-state index contributed by atoms with van der Waals surface area (Å²) in [6.45, 7) is 9.42. The summed E-state index contributed by atoms with van der Waals surface area (Å²) in [7, 11) is 2.16. The Labute approximate surface area is 113 Å². The molecule has 0 aliphatic carbocycles. The Hall–Kier alpha value is -0.380. The molecule has 0 saturated carbocycles. The maximum atomic E-state index is 5.62. The Kier molecular flexibility index (Phi) is 5.17. The van der Waals surface area contributed by atoms with Crippen LogP contribution in [-0.2, 0) is 13.1 Å². The Balaban J connectivity index is 2.68. The molecule has 0 fully saturated rings. The van der Waals surface area contributed by atoms with Crippen LogP contribution in [0, 0.1) is 5.41 Å². The van der Waals surface area contributed by atoms with Crippen molar-refractivity contribution in [1.29, 1.82) is 0 Å². The van der Waals surface area contributed by atoms with E-state index >= 15 is 0 Å². The van der Waals surface area contributed by atoms with Gasteiger partial charge in [0.1, 0.15) is 0 Å². The van der Waals surface area contributed by atoms with Crippen LogP contribution in [0.5, 0.6) is 0 Å². The predicted octanol–water partition coefficient (Wildman–Crippen LogP) is 3.39. The van der Waals surface area contributed by atoms with Gasteiger partial charge in [0.25, 0.3) is 0 Å². The van der Waals surface area contributed by atoms with Gasteiger partial charge in [-0.25, -0.2) is 0 Å². The van der Waals surface area contributed by atoms with Gasteiger partial charge in [-0.2, -0.15) is 0 Å². The molecule has 0 aliphatic heterocycles. The molecule has 2 nitrogen and oxygen atoms in total. The van der Waals surface area contributed by atoms with Gasteiger partial charge >= 0.3 is 0 Å². The quantitative estimate of drug-likeness (QED) is 0.923. The van der Waals surface area contributed by atoms with Gasteiger partial charge < -0.3 is 10.6 Å². The SMILES string of the molecule is CN(Cc1ccc(CN)cc1Br)CC(C)(C)C. The molecule has 17 heavy (non-hydrogen) atoms. The number of nitrogens with zero attached hydrogens (tertiary/aromatic N) is 1. The van der Waals surface area contributed by atoms with Crippen molar-refractivity contribution in [1.82, 2.24) is 4.90 Å². The first-order valence-electron chi connectivity index (χ1n) is 5.98. The summed E-state index contributed by atoms with van der Waals surface area (Å²) in [5.74, 6) is 0. The maximum Gasteiger partial charge on any atom is 0.0242 e. The third kappa shape index (κ3) is 5.19. The summed E-state index contributed by atoms with van der Waals surface area (Å²) in [6.07, 6.45) is 0. The zero-order valence-corrected chi connectivity index (χ0v) is 12.8. The van der Waals surface area contributed by atoms with Gasteiger partial charge in [0.05, 0.1) is 0 Å². The molecule has 2 N–H and O–H groups in total. The van der Waals surface area contributed by atoms with Crippen LogP contribution in [-0.4, -0.2) is 18.5 Å². The first kappa shape index (κ1) is 14.7. The van der Waals surface area contributed by atoms with E-state index in [9.17, 15) is 0 Å². The van der Waals surface area contributed by atoms with E-state index in [2.05, 4.69) is 66.8 Å². The molecule has 0 unspecified atom stereocenters. The smallest absolute Gasteiger partial charge is 0.0242 e. The second-order valence-electron chi connectivity index (χ2n) is 5.86. The lowest BCUT2D eigenvalue weighted by molar-refractivity contribution is 0.220. The monoisotopic (exact) mass is 298 g/mol. The Bertz CT molecular complexity index is 369. The number of hydrogen-bond donors (Lipinski definition) is 1. The first-order chi connectivity index (χ1) is 7.81. The minimum absolute atomic E-state index is 0.332. The third-order valence-electron chi connectivity index (χ3n) is 2.54. The number of halogens is 1. The van der Waals surface area contributed by atoms with E-state index in [1.54, 1.807) is 0 Å². The highest BCUT2D eigenvalue weighted by atomic mass is 79.9. The maximum absolute atomic E-state index is 5.62.